The molecule has 0 spiro atoms. The fourth-order valence-electron chi connectivity index (χ4n) is 2.43. The van der Waals surface area contributed by atoms with Gasteiger partial charge < -0.3 is 10.6 Å². The number of anilines is 2. The average Bonchev–Trinajstić information content (AvgIpc) is 3.25. The second kappa shape index (κ2) is 7.53. The van der Waals surface area contributed by atoms with Crippen LogP contribution < -0.4 is 10.6 Å². The van der Waals surface area contributed by atoms with Gasteiger partial charge in [-0.05, 0) is 56.7 Å². The molecule has 26 heavy (non-hydrogen) atoms. The lowest BCUT2D eigenvalue weighted by molar-refractivity contribution is -0.119. The first-order valence-corrected chi connectivity index (χ1v) is 9.04. The van der Waals surface area contributed by atoms with Crippen LogP contribution in [0.25, 0.3) is 0 Å². The van der Waals surface area contributed by atoms with E-state index in [0.717, 1.165) is 10.4 Å². The van der Waals surface area contributed by atoms with Crippen LogP contribution in [0.3, 0.4) is 0 Å². The van der Waals surface area contributed by atoms with E-state index in [-0.39, 0.29) is 11.8 Å². The number of nitrogens with zero attached hydrogens (tertiary/aromatic N) is 2. The number of amides is 2. The quantitative estimate of drug-likeness (QED) is 0.714. The summed E-state index contributed by atoms with van der Waals surface area (Å²) in [7, 11) is 0. The van der Waals surface area contributed by atoms with Crippen molar-refractivity contribution in [2.24, 2.45) is 0 Å². The zero-order chi connectivity index (χ0) is 18.7. The van der Waals surface area contributed by atoms with Gasteiger partial charge in [-0.2, -0.15) is 5.10 Å². The van der Waals surface area contributed by atoms with Crippen LogP contribution >= 0.6 is 11.3 Å². The largest absolute Gasteiger partial charge is 0.324 e. The van der Waals surface area contributed by atoms with Gasteiger partial charge in [0.05, 0.1) is 4.88 Å². The SMILES string of the molecule is Cc1cc(C(=O)Nc2cccc(NC(=O)C(C)n3cccn3)c2)sc1C. The molecule has 134 valence electrons. The Morgan fingerprint density at radius 3 is 2.46 bits per heavy atom. The van der Waals surface area contributed by atoms with E-state index >= 15 is 0 Å². The summed E-state index contributed by atoms with van der Waals surface area (Å²) < 4.78 is 1.59. The molecule has 1 atom stereocenters. The Bertz CT molecular complexity index is 911. The number of carbonyl (C=O) groups excluding carboxylic acids is 2. The Hall–Kier alpha value is -2.93. The minimum absolute atomic E-state index is 0.153. The van der Waals surface area contributed by atoms with E-state index in [1.165, 1.54) is 11.3 Å². The Morgan fingerprint density at radius 1 is 1.12 bits per heavy atom. The number of thiophene rings is 1. The average molecular weight is 368 g/mol. The van der Waals surface area contributed by atoms with E-state index in [1.54, 1.807) is 54.3 Å². The third kappa shape index (κ3) is 4.00. The van der Waals surface area contributed by atoms with Crippen LogP contribution in [-0.2, 0) is 4.79 Å². The van der Waals surface area contributed by atoms with Gasteiger partial charge in [0, 0.05) is 28.6 Å². The number of rotatable bonds is 5. The monoisotopic (exact) mass is 368 g/mol. The highest BCUT2D eigenvalue weighted by atomic mass is 32.1. The van der Waals surface area contributed by atoms with Gasteiger partial charge in [-0.1, -0.05) is 6.07 Å². The lowest BCUT2D eigenvalue weighted by Crippen LogP contribution is -2.24. The third-order valence-corrected chi connectivity index (χ3v) is 5.23. The summed E-state index contributed by atoms with van der Waals surface area (Å²) in [6.07, 6.45) is 3.37. The number of benzene rings is 1. The molecule has 0 aliphatic heterocycles. The highest BCUT2D eigenvalue weighted by Gasteiger charge is 2.15. The topological polar surface area (TPSA) is 76.0 Å². The molecule has 2 N–H and O–H groups in total. The molecule has 2 amide bonds. The predicted molar refractivity (Wildman–Crippen MR) is 104 cm³/mol. The third-order valence-electron chi connectivity index (χ3n) is 4.08. The minimum Gasteiger partial charge on any atom is -0.324 e. The number of aryl methyl sites for hydroxylation is 2. The molecule has 0 saturated carbocycles. The van der Waals surface area contributed by atoms with Crippen LogP contribution in [0.15, 0.2) is 48.8 Å². The summed E-state index contributed by atoms with van der Waals surface area (Å²) in [6, 6.07) is 10.3. The normalized spacial score (nSPS) is 11.8. The van der Waals surface area contributed by atoms with E-state index in [9.17, 15) is 9.59 Å². The molecule has 3 rings (SSSR count). The van der Waals surface area contributed by atoms with Gasteiger partial charge in [-0.3, -0.25) is 14.3 Å². The molecule has 1 aromatic carbocycles. The Morgan fingerprint density at radius 2 is 1.85 bits per heavy atom. The molecule has 6 nitrogen and oxygen atoms in total. The summed E-state index contributed by atoms with van der Waals surface area (Å²) in [5.41, 5.74) is 2.35. The molecule has 2 aromatic heterocycles. The molecule has 1 unspecified atom stereocenters. The van der Waals surface area contributed by atoms with E-state index < -0.39 is 6.04 Å². The maximum absolute atomic E-state index is 12.4. The standard InChI is InChI=1S/C19H20N4O2S/c1-12-10-17(26-14(12)3)19(25)22-16-7-4-6-15(11-16)21-18(24)13(2)23-9-5-8-20-23/h4-11,13H,1-3H3,(H,21,24)(H,22,25). The molecule has 0 aliphatic rings. The first kappa shape index (κ1) is 17.9. The maximum atomic E-state index is 12.4. The summed E-state index contributed by atoms with van der Waals surface area (Å²) in [6.45, 7) is 5.75. The van der Waals surface area contributed by atoms with Crippen LogP contribution in [0.5, 0.6) is 0 Å². The molecule has 0 saturated heterocycles. The smallest absolute Gasteiger partial charge is 0.265 e. The highest BCUT2D eigenvalue weighted by molar-refractivity contribution is 7.14. The van der Waals surface area contributed by atoms with Crippen molar-refractivity contribution in [1.29, 1.82) is 0 Å². The first-order valence-electron chi connectivity index (χ1n) is 8.22. The van der Waals surface area contributed by atoms with Gasteiger partial charge >= 0.3 is 0 Å². The van der Waals surface area contributed by atoms with Crippen LogP contribution in [-0.4, -0.2) is 21.6 Å². The number of aromatic nitrogens is 2. The second-order valence-corrected chi connectivity index (χ2v) is 7.29. The predicted octanol–water partition coefficient (Wildman–Crippen LogP) is 4.01. The molecule has 3 aromatic rings. The van der Waals surface area contributed by atoms with Crippen LogP contribution in [0.1, 0.15) is 33.1 Å². The van der Waals surface area contributed by atoms with Crippen molar-refractivity contribution in [3.63, 3.8) is 0 Å². The minimum atomic E-state index is -0.430. The molecule has 0 radical (unpaired) electrons. The van der Waals surface area contributed by atoms with Crippen LogP contribution in [0.4, 0.5) is 11.4 Å². The van der Waals surface area contributed by atoms with Gasteiger partial charge in [-0.25, -0.2) is 0 Å². The summed E-state index contributed by atoms with van der Waals surface area (Å²) in [4.78, 5) is 26.5. The summed E-state index contributed by atoms with van der Waals surface area (Å²) in [5, 5.41) is 9.80. The number of carbonyl (C=O) groups is 2. The summed E-state index contributed by atoms with van der Waals surface area (Å²) >= 11 is 1.47. The number of hydrogen-bond acceptors (Lipinski definition) is 4. The maximum Gasteiger partial charge on any atom is 0.265 e. The first-order chi connectivity index (χ1) is 12.4. The highest BCUT2D eigenvalue weighted by Crippen LogP contribution is 2.23. The zero-order valence-corrected chi connectivity index (χ0v) is 15.6. The van der Waals surface area contributed by atoms with Crippen LogP contribution in [0, 0.1) is 13.8 Å². The van der Waals surface area contributed by atoms with Crippen molar-refractivity contribution in [2.75, 3.05) is 10.6 Å². The number of nitrogens with one attached hydrogen (secondary N) is 2. The molecule has 0 bridgehead atoms. The molecular formula is C19H20N4O2S. The van der Waals surface area contributed by atoms with Gasteiger partial charge in [0.2, 0.25) is 5.91 Å². The Kier molecular flexibility index (Phi) is 5.18. The zero-order valence-electron chi connectivity index (χ0n) is 14.8. The van der Waals surface area contributed by atoms with Crippen molar-refractivity contribution in [1.82, 2.24) is 9.78 Å². The van der Waals surface area contributed by atoms with E-state index in [0.29, 0.717) is 16.3 Å². The van der Waals surface area contributed by atoms with E-state index in [2.05, 4.69) is 15.7 Å². The lowest BCUT2D eigenvalue weighted by atomic mass is 10.2. The van der Waals surface area contributed by atoms with Crippen molar-refractivity contribution < 1.29 is 9.59 Å². The Balaban J connectivity index is 1.68. The lowest BCUT2D eigenvalue weighted by Gasteiger charge is -2.13. The van der Waals surface area contributed by atoms with Crippen LogP contribution in [0.2, 0.25) is 0 Å². The van der Waals surface area contributed by atoms with E-state index in [1.807, 2.05) is 19.9 Å². The molecular weight excluding hydrogens is 348 g/mol. The van der Waals surface area contributed by atoms with Crippen molar-refractivity contribution in [3.05, 3.63) is 64.1 Å². The van der Waals surface area contributed by atoms with Gasteiger partial charge in [0.1, 0.15) is 6.04 Å². The van der Waals surface area contributed by atoms with Crippen molar-refractivity contribution in [3.8, 4) is 0 Å². The molecule has 2 heterocycles. The fourth-order valence-corrected chi connectivity index (χ4v) is 3.36. The van der Waals surface area contributed by atoms with Crippen molar-refractivity contribution >= 4 is 34.5 Å². The fraction of sp³-hybridized carbons (Fsp3) is 0.211. The Labute approximate surface area is 155 Å². The second-order valence-electron chi connectivity index (χ2n) is 6.04. The molecule has 0 fully saturated rings. The molecule has 7 heteroatoms. The summed E-state index contributed by atoms with van der Waals surface area (Å²) in [5.74, 6) is -0.332. The number of hydrogen-bond donors (Lipinski definition) is 2. The molecule has 0 aliphatic carbocycles. The van der Waals surface area contributed by atoms with Crippen molar-refractivity contribution in [2.45, 2.75) is 26.8 Å². The van der Waals surface area contributed by atoms with Gasteiger partial charge in [0.15, 0.2) is 0 Å². The van der Waals surface area contributed by atoms with E-state index in [4.69, 9.17) is 0 Å². The van der Waals surface area contributed by atoms with Gasteiger partial charge in [-0.15, -0.1) is 11.3 Å². The van der Waals surface area contributed by atoms with Gasteiger partial charge in [0.25, 0.3) is 5.91 Å².